The van der Waals surface area contributed by atoms with Gasteiger partial charge >= 0.3 is 0 Å². The lowest BCUT2D eigenvalue weighted by molar-refractivity contribution is -0.123. The van der Waals surface area contributed by atoms with Crippen molar-refractivity contribution in [2.24, 2.45) is 23.7 Å². The monoisotopic (exact) mass is 290 g/mol. The number of pyridine rings is 1. The maximum Gasteiger partial charge on any atom is 0.238 e. The lowest BCUT2D eigenvalue weighted by Gasteiger charge is -2.18. The van der Waals surface area contributed by atoms with Crippen LogP contribution in [0.25, 0.3) is 10.9 Å². The summed E-state index contributed by atoms with van der Waals surface area (Å²) in [5.41, 5.74) is 1.34. The van der Waals surface area contributed by atoms with E-state index in [4.69, 9.17) is 0 Å². The largest absolute Gasteiger partial charge is 0.274 e. The molecule has 0 unspecified atom stereocenters. The Bertz CT molecular complexity index is 822. The molecular weight excluding hydrogens is 276 g/mol. The summed E-state index contributed by atoms with van der Waals surface area (Å²) in [6, 6.07) is 9.45. The van der Waals surface area contributed by atoms with Crippen LogP contribution in [0.2, 0.25) is 0 Å². The molecule has 0 spiro atoms. The standard InChI is InChI=1S/C18H14N2O2/c21-17-14-11-6-7-12(9-11)15(14)18(22)20(17)13-5-1-3-10-4-2-8-19-16(10)13/h1-8,11-12,14-15H,9H2/t11-,12-,14+,15+/m0/s1. The van der Waals surface area contributed by atoms with E-state index in [0.717, 1.165) is 11.8 Å². The van der Waals surface area contributed by atoms with E-state index in [9.17, 15) is 9.59 Å². The van der Waals surface area contributed by atoms with Crippen LogP contribution in [0.5, 0.6) is 0 Å². The number of amides is 2. The zero-order valence-electron chi connectivity index (χ0n) is 11.8. The van der Waals surface area contributed by atoms with Crippen LogP contribution in [0.3, 0.4) is 0 Å². The summed E-state index contributed by atoms with van der Waals surface area (Å²) in [6.07, 6.45) is 6.88. The lowest BCUT2D eigenvalue weighted by atomic mass is 9.85. The van der Waals surface area contributed by atoms with Gasteiger partial charge in [0.15, 0.2) is 0 Å². The minimum atomic E-state index is -0.165. The van der Waals surface area contributed by atoms with Crippen LogP contribution in [0.4, 0.5) is 5.69 Å². The Balaban J connectivity index is 1.67. The van der Waals surface area contributed by atoms with Crippen molar-refractivity contribution in [3.63, 3.8) is 0 Å². The Morgan fingerprint density at radius 3 is 2.36 bits per heavy atom. The number of allylic oxidation sites excluding steroid dienone is 2. The SMILES string of the molecule is O=C1[C@H]2[C@H](C(=O)N1c1cccc3cccnc13)[C@H]1C=C[C@H]2C1. The molecule has 2 aliphatic carbocycles. The second-order valence-electron chi connectivity index (χ2n) is 6.36. The minimum Gasteiger partial charge on any atom is -0.274 e. The fourth-order valence-electron chi connectivity index (χ4n) is 4.41. The van der Waals surface area contributed by atoms with Gasteiger partial charge in [-0.3, -0.25) is 14.6 Å². The van der Waals surface area contributed by atoms with E-state index in [-0.39, 0.29) is 35.5 Å². The zero-order valence-corrected chi connectivity index (χ0v) is 11.8. The van der Waals surface area contributed by atoms with Gasteiger partial charge in [-0.15, -0.1) is 0 Å². The number of carbonyl (C=O) groups excluding carboxylic acids is 2. The Labute approximate surface area is 127 Å². The highest BCUT2D eigenvalue weighted by Gasteiger charge is 2.59. The topological polar surface area (TPSA) is 50.3 Å². The maximum absolute atomic E-state index is 12.9. The Morgan fingerprint density at radius 2 is 1.64 bits per heavy atom. The molecule has 3 aliphatic rings. The number of carbonyl (C=O) groups is 2. The van der Waals surface area contributed by atoms with Gasteiger partial charge < -0.3 is 0 Å². The first-order valence-corrected chi connectivity index (χ1v) is 7.65. The van der Waals surface area contributed by atoms with Gasteiger partial charge in [-0.05, 0) is 30.4 Å². The van der Waals surface area contributed by atoms with Crippen molar-refractivity contribution in [3.05, 3.63) is 48.7 Å². The summed E-state index contributed by atoms with van der Waals surface area (Å²) in [4.78, 5) is 31.5. The first-order valence-electron chi connectivity index (χ1n) is 7.65. The molecule has 1 saturated heterocycles. The molecular formula is C18H14N2O2. The van der Waals surface area contributed by atoms with Crippen LogP contribution in [0.1, 0.15) is 6.42 Å². The molecule has 1 aromatic heterocycles. The molecule has 2 amide bonds. The minimum absolute atomic E-state index is 0.0509. The molecule has 0 N–H and O–H groups in total. The molecule has 22 heavy (non-hydrogen) atoms. The number of aromatic nitrogens is 1. The van der Waals surface area contributed by atoms with Gasteiger partial charge in [-0.2, -0.15) is 0 Å². The fraction of sp³-hybridized carbons (Fsp3) is 0.278. The third-order valence-electron chi connectivity index (χ3n) is 5.32. The Morgan fingerprint density at radius 1 is 0.955 bits per heavy atom. The number of rotatable bonds is 1. The van der Waals surface area contributed by atoms with Crippen molar-refractivity contribution in [2.45, 2.75) is 6.42 Å². The smallest absolute Gasteiger partial charge is 0.238 e. The normalized spacial score (nSPS) is 32.3. The van der Waals surface area contributed by atoms with E-state index in [0.29, 0.717) is 11.2 Å². The molecule has 2 fully saturated rings. The summed E-state index contributed by atoms with van der Waals surface area (Å²) >= 11 is 0. The first kappa shape index (κ1) is 12.1. The summed E-state index contributed by atoms with van der Waals surface area (Å²) in [7, 11) is 0. The average molecular weight is 290 g/mol. The third kappa shape index (κ3) is 1.35. The van der Waals surface area contributed by atoms with Crippen molar-refractivity contribution in [2.75, 3.05) is 4.90 Å². The lowest BCUT2D eigenvalue weighted by Crippen LogP contribution is -2.33. The summed E-state index contributed by atoms with van der Waals surface area (Å²) < 4.78 is 0. The predicted octanol–water partition coefficient (Wildman–Crippen LogP) is 2.55. The number of imide groups is 1. The van der Waals surface area contributed by atoms with Crippen molar-refractivity contribution in [3.8, 4) is 0 Å². The number of hydrogen-bond acceptors (Lipinski definition) is 3. The molecule has 1 saturated carbocycles. The third-order valence-corrected chi connectivity index (χ3v) is 5.32. The number of fused-ring (bicyclic) bond motifs is 6. The van der Waals surface area contributed by atoms with E-state index < -0.39 is 0 Å². The van der Waals surface area contributed by atoms with Gasteiger partial charge in [-0.1, -0.05) is 30.4 Å². The molecule has 2 aromatic rings. The molecule has 2 bridgehead atoms. The molecule has 4 nitrogen and oxygen atoms in total. The summed E-state index contributed by atoms with van der Waals surface area (Å²) in [6.45, 7) is 0. The zero-order chi connectivity index (χ0) is 14.8. The van der Waals surface area contributed by atoms with Crippen LogP contribution in [0, 0.1) is 23.7 Å². The molecule has 108 valence electrons. The molecule has 4 heteroatoms. The van der Waals surface area contributed by atoms with Crippen LogP contribution in [-0.4, -0.2) is 16.8 Å². The number of nitrogens with zero attached hydrogens (tertiary/aromatic N) is 2. The second kappa shape index (κ2) is 4.03. The molecule has 0 radical (unpaired) electrons. The average Bonchev–Trinajstić information content (AvgIpc) is 3.21. The van der Waals surface area contributed by atoms with Crippen molar-refractivity contribution >= 4 is 28.4 Å². The first-order chi connectivity index (χ1) is 10.8. The van der Waals surface area contributed by atoms with Gasteiger partial charge in [-0.25, -0.2) is 4.90 Å². The number of anilines is 1. The van der Waals surface area contributed by atoms with Gasteiger partial charge in [0, 0.05) is 11.6 Å². The van der Waals surface area contributed by atoms with Gasteiger partial charge in [0.25, 0.3) is 0 Å². The van der Waals surface area contributed by atoms with Gasteiger partial charge in [0.1, 0.15) is 0 Å². The Kier molecular flexibility index (Phi) is 2.22. The van der Waals surface area contributed by atoms with Crippen LogP contribution in [-0.2, 0) is 9.59 Å². The molecule has 1 aromatic carbocycles. The van der Waals surface area contributed by atoms with E-state index in [2.05, 4.69) is 17.1 Å². The van der Waals surface area contributed by atoms with Crippen LogP contribution >= 0.6 is 0 Å². The maximum atomic E-state index is 12.9. The van der Waals surface area contributed by atoms with E-state index in [1.54, 1.807) is 6.20 Å². The highest BCUT2D eigenvalue weighted by Crippen LogP contribution is 2.53. The van der Waals surface area contributed by atoms with Crippen molar-refractivity contribution in [1.82, 2.24) is 4.98 Å². The summed E-state index contributed by atoms with van der Waals surface area (Å²) in [5, 5.41) is 0.943. The molecule has 2 heterocycles. The van der Waals surface area contributed by atoms with E-state index >= 15 is 0 Å². The van der Waals surface area contributed by atoms with Gasteiger partial charge in [0.2, 0.25) is 11.8 Å². The number of hydrogen-bond donors (Lipinski definition) is 0. The van der Waals surface area contributed by atoms with E-state index in [1.807, 2.05) is 30.3 Å². The van der Waals surface area contributed by atoms with Crippen LogP contribution < -0.4 is 4.90 Å². The predicted molar refractivity (Wildman–Crippen MR) is 82.0 cm³/mol. The molecule has 5 rings (SSSR count). The van der Waals surface area contributed by atoms with Crippen molar-refractivity contribution in [1.29, 1.82) is 0 Å². The number of benzene rings is 1. The highest BCUT2D eigenvalue weighted by atomic mass is 16.2. The summed E-state index contributed by atoms with van der Waals surface area (Å²) in [5.74, 6) is 0.0386. The Hall–Kier alpha value is -2.49. The quantitative estimate of drug-likeness (QED) is 0.599. The van der Waals surface area contributed by atoms with Crippen molar-refractivity contribution < 1.29 is 9.59 Å². The van der Waals surface area contributed by atoms with Gasteiger partial charge in [0.05, 0.1) is 23.0 Å². The second-order valence-corrected chi connectivity index (χ2v) is 6.36. The molecule has 4 atom stereocenters. The molecule has 1 aliphatic heterocycles. The van der Waals surface area contributed by atoms with E-state index in [1.165, 1.54) is 4.90 Å². The highest BCUT2D eigenvalue weighted by molar-refractivity contribution is 6.25. The number of para-hydroxylation sites is 1. The fourth-order valence-corrected chi connectivity index (χ4v) is 4.41. The van der Waals surface area contributed by atoms with Crippen LogP contribution in [0.15, 0.2) is 48.7 Å².